The Hall–Kier alpha value is -2.23. The lowest BCUT2D eigenvalue weighted by atomic mass is 10.1. The van der Waals surface area contributed by atoms with Crippen LogP contribution in [0, 0.1) is 0 Å². The van der Waals surface area contributed by atoms with E-state index in [9.17, 15) is 9.59 Å². The van der Waals surface area contributed by atoms with Crippen molar-refractivity contribution in [3.05, 3.63) is 35.2 Å². The number of thiazole rings is 1. The summed E-state index contributed by atoms with van der Waals surface area (Å²) in [5.74, 6) is -0.0565. The highest BCUT2D eigenvalue weighted by Gasteiger charge is 2.28. The second-order valence-electron chi connectivity index (χ2n) is 6.68. The molecule has 1 unspecified atom stereocenters. The van der Waals surface area contributed by atoms with E-state index >= 15 is 0 Å². The fourth-order valence-corrected chi connectivity index (χ4v) is 3.99. The van der Waals surface area contributed by atoms with Crippen LogP contribution in [0.4, 0.5) is 5.13 Å². The van der Waals surface area contributed by atoms with Crippen molar-refractivity contribution in [2.45, 2.75) is 25.8 Å². The lowest BCUT2D eigenvalue weighted by molar-refractivity contribution is -0.133. The van der Waals surface area contributed by atoms with Gasteiger partial charge in [-0.3, -0.25) is 19.8 Å². The highest BCUT2D eigenvalue weighted by atomic mass is 32.1. The van der Waals surface area contributed by atoms with Crippen LogP contribution in [0.15, 0.2) is 28.2 Å². The molecule has 0 aliphatic carbocycles. The summed E-state index contributed by atoms with van der Waals surface area (Å²) in [6, 6.07) is 3.59. The number of aromatic nitrogens is 1. The van der Waals surface area contributed by atoms with Gasteiger partial charge in [0.05, 0.1) is 25.0 Å². The number of rotatable bonds is 8. The summed E-state index contributed by atoms with van der Waals surface area (Å²) in [4.78, 5) is 33.4. The molecule has 1 aliphatic heterocycles. The minimum absolute atomic E-state index is 0.0686. The fourth-order valence-electron chi connectivity index (χ4n) is 3.29. The summed E-state index contributed by atoms with van der Waals surface area (Å²) in [6.07, 6.45) is 2.67. The van der Waals surface area contributed by atoms with E-state index in [0.717, 1.165) is 26.1 Å². The smallest absolute Gasteiger partial charge is 0.293 e. The predicted octanol–water partition coefficient (Wildman–Crippen LogP) is 2.10. The number of hydrogen-bond donors (Lipinski definition) is 1. The number of amides is 2. The number of carbonyl (C=O) groups excluding carboxylic acids is 2. The number of furan rings is 1. The minimum Gasteiger partial charge on any atom is -0.459 e. The summed E-state index contributed by atoms with van der Waals surface area (Å²) >= 11 is 1.30. The molecule has 1 aliphatic rings. The monoisotopic (exact) mass is 406 g/mol. The third kappa shape index (κ3) is 5.18. The quantitative estimate of drug-likeness (QED) is 0.722. The van der Waals surface area contributed by atoms with Gasteiger partial charge in [0.15, 0.2) is 10.9 Å². The van der Waals surface area contributed by atoms with Crippen LogP contribution in [-0.4, -0.2) is 72.5 Å². The molecule has 0 aromatic carbocycles. The first kappa shape index (κ1) is 20.5. The zero-order valence-corrected chi connectivity index (χ0v) is 17.0. The molecule has 1 N–H and O–H groups in total. The topological polar surface area (TPSA) is 87.9 Å². The molecular formula is C19H26N4O4S. The van der Waals surface area contributed by atoms with E-state index in [1.807, 2.05) is 10.3 Å². The first-order chi connectivity index (χ1) is 13.6. The van der Waals surface area contributed by atoms with Crippen molar-refractivity contribution < 1.29 is 18.7 Å². The van der Waals surface area contributed by atoms with Crippen LogP contribution >= 0.6 is 11.3 Å². The van der Waals surface area contributed by atoms with Crippen molar-refractivity contribution in [1.82, 2.24) is 14.8 Å². The third-order valence-corrected chi connectivity index (χ3v) is 5.67. The molecule has 0 bridgehead atoms. The molecule has 0 radical (unpaired) electrons. The zero-order valence-electron chi connectivity index (χ0n) is 16.2. The molecule has 2 aromatic rings. The van der Waals surface area contributed by atoms with Crippen molar-refractivity contribution in [2.75, 3.05) is 45.2 Å². The summed E-state index contributed by atoms with van der Waals surface area (Å²) in [5, 5.41) is 4.96. The molecule has 1 atom stereocenters. The first-order valence-corrected chi connectivity index (χ1v) is 10.3. The van der Waals surface area contributed by atoms with Crippen molar-refractivity contribution in [3.8, 4) is 0 Å². The first-order valence-electron chi connectivity index (χ1n) is 9.40. The van der Waals surface area contributed by atoms with Gasteiger partial charge in [-0.2, -0.15) is 0 Å². The highest BCUT2D eigenvalue weighted by molar-refractivity contribution is 7.14. The van der Waals surface area contributed by atoms with Gasteiger partial charge >= 0.3 is 0 Å². The molecule has 152 valence electrons. The lowest BCUT2D eigenvalue weighted by Gasteiger charge is -2.41. The molecular weight excluding hydrogens is 380 g/mol. The summed E-state index contributed by atoms with van der Waals surface area (Å²) in [5.41, 5.74) is 0.666. The standard InChI is InChI=1S/C19H26N4O4S/c1-3-15-12-23(7-6-22(15)8-10-26-2)17(24)11-14-13-28-19(20-14)21-18(25)16-5-4-9-27-16/h4-5,9,13,15H,3,6-8,10-12H2,1-2H3,(H,20,21,25). The minimum atomic E-state index is -0.352. The number of anilines is 1. The Balaban J connectivity index is 1.52. The number of ether oxygens (including phenoxy) is 1. The largest absolute Gasteiger partial charge is 0.459 e. The van der Waals surface area contributed by atoms with E-state index in [2.05, 4.69) is 22.1 Å². The van der Waals surface area contributed by atoms with Crippen molar-refractivity contribution >= 4 is 28.3 Å². The summed E-state index contributed by atoms with van der Waals surface area (Å²) in [7, 11) is 1.71. The molecule has 0 spiro atoms. The summed E-state index contributed by atoms with van der Waals surface area (Å²) in [6.45, 7) is 6.04. The molecule has 1 fully saturated rings. The lowest BCUT2D eigenvalue weighted by Crippen LogP contribution is -2.55. The number of nitrogens with zero attached hydrogens (tertiary/aromatic N) is 3. The Bertz CT molecular complexity index is 777. The molecule has 8 nitrogen and oxygen atoms in total. The number of methoxy groups -OCH3 is 1. The average molecular weight is 407 g/mol. The van der Waals surface area contributed by atoms with Gasteiger partial charge < -0.3 is 14.1 Å². The van der Waals surface area contributed by atoms with Gasteiger partial charge in [0.2, 0.25) is 5.91 Å². The van der Waals surface area contributed by atoms with Crippen molar-refractivity contribution in [3.63, 3.8) is 0 Å². The van der Waals surface area contributed by atoms with Gasteiger partial charge in [0.1, 0.15) is 0 Å². The van der Waals surface area contributed by atoms with Crippen molar-refractivity contribution in [1.29, 1.82) is 0 Å². The van der Waals surface area contributed by atoms with Gasteiger partial charge in [0, 0.05) is 44.7 Å². The van der Waals surface area contributed by atoms with Crippen LogP contribution in [0.3, 0.4) is 0 Å². The third-order valence-electron chi connectivity index (χ3n) is 4.86. The Morgan fingerprint density at radius 2 is 2.29 bits per heavy atom. The highest BCUT2D eigenvalue weighted by Crippen LogP contribution is 2.19. The van der Waals surface area contributed by atoms with Crippen LogP contribution in [-0.2, 0) is 16.0 Å². The Morgan fingerprint density at radius 3 is 3.00 bits per heavy atom. The Morgan fingerprint density at radius 1 is 1.43 bits per heavy atom. The molecule has 9 heteroatoms. The normalized spacial score (nSPS) is 17.6. The number of carbonyl (C=O) groups is 2. The average Bonchev–Trinajstić information content (AvgIpc) is 3.38. The van der Waals surface area contributed by atoms with E-state index in [4.69, 9.17) is 9.15 Å². The summed E-state index contributed by atoms with van der Waals surface area (Å²) < 4.78 is 10.2. The molecule has 1 saturated heterocycles. The van der Waals surface area contributed by atoms with Gasteiger partial charge in [-0.25, -0.2) is 4.98 Å². The Labute approximate surface area is 168 Å². The van der Waals surface area contributed by atoms with Crippen molar-refractivity contribution in [2.24, 2.45) is 0 Å². The molecule has 3 heterocycles. The van der Waals surface area contributed by atoms with E-state index in [0.29, 0.717) is 30.0 Å². The van der Waals surface area contributed by atoms with Crippen LogP contribution in [0.2, 0.25) is 0 Å². The van der Waals surface area contributed by atoms with E-state index in [1.165, 1.54) is 17.6 Å². The van der Waals surface area contributed by atoms with E-state index < -0.39 is 0 Å². The zero-order chi connectivity index (χ0) is 19.9. The SMILES string of the molecule is CCC1CN(C(=O)Cc2csc(NC(=O)c3ccco3)n2)CCN1CCOC. The molecule has 0 saturated carbocycles. The number of hydrogen-bond acceptors (Lipinski definition) is 7. The maximum absolute atomic E-state index is 12.7. The number of piperazine rings is 1. The van der Waals surface area contributed by atoms with Crippen LogP contribution < -0.4 is 5.32 Å². The van der Waals surface area contributed by atoms with Crippen LogP contribution in [0.1, 0.15) is 29.6 Å². The van der Waals surface area contributed by atoms with Gasteiger partial charge in [-0.1, -0.05) is 6.92 Å². The van der Waals surface area contributed by atoms with Gasteiger partial charge in [0.25, 0.3) is 5.91 Å². The van der Waals surface area contributed by atoms with Crippen LogP contribution in [0.5, 0.6) is 0 Å². The molecule has 28 heavy (non-hydrogen) atoms. The predicted molar refractivity (Wildman–Crippen MR) is 107 cm³/mol. The fraction of sp³-hybridized carbons (Fsp3) is 0.526. The van der Waals surface area contributed by atoms with Crippen LogP contribution in [0.25, 0.3) is 0 Å². The molecule has 2 aromatic heterocycles. The molecule has 2 amide bonds. The second-order valence-corrected chi connectivity index (χ2v) is 7.54. The van der Waals surface area contributed by atoms with Gasteiger partial charge in [-0.15, -0.1) is 11.3 Å². The Kier molecular flexibility index (Phi) is 7.18. The second kappa shape index (κ2) is 9.81. The van der Waals surface area contributed by atoms with Gasteiger partial charge in [-0.05, 0) is 18.6 Å². The maximum atomic E-state index is 12.7. The maximum Gasteiger partial charge on any atom is 0.293 e. The van der Waals surface area contributed by atoms with E-state index in [1.54, 1.807) is 19.2 Å². The molecule has 3 rings (SSSR count). The number of nitrogens with one attached hydrogen (secondary N) is 1. The van der Waals surface area contributed by atoms with E-state index in [-0.39, 0.29) is 24.0 Å².